The third-order valence-electron chi connectivity index (χ3n) is 2.23. The number of nitrogens with zero attached hydrogens (tertiary/aromatic N) is 1. The molecule has 1 aromatic carbocycles. The molecule has 68 valence electrons. The predicted octanol–water partition coefficient (Wildman–Crippen LogP) is 2.68. The molecule has 0 saturated heterocycles. The molecule has 4 heteroatoms. The highest BCUT2D eigenvalue weighted by molar-refractivity contribution is 6.33. The maximum atomic E-state index is 6.06. The zero-order chi connectivity index (χ0) is 9.59. The van der Waals surface area contributed by atoms with Gasteiger partial charge in [-0.3, -0.25) is 0 Å². The lowest BCUT2D eigenvalue weighted by Crippen LogP contribution is -1.93. The zero-order valence-electron chi connectivity index (χ0n) is 7.39. The monoisotopic (exact) mass is 196 g/mol. The Kier molecular flexibility index (Phi) is 1.70. The number of nitrogens with two attached hydrogens (primary N) is 1. The average molecular weight is 197 g/mol. The van der Waals surface area contributed by atoms with Crippen LogP contribution in [-0.2, 0) is 0 Å². The number of fused-ring (bicyclic) bond motifs is 1. The topological polar surface area (TPSA) is 52.0 Å². The number of anilines is 1. The van der Waals surface area contributed by atoms with Crippen LogP contribution in [0.4, 0.5) is 5.69 Å². The highest BCUT2D eigenvalue weighted by Gasteiger charge is 2.13. The van der Waals surface area contributed by atoms with Crippen LogP contribution in [0.25, 0.3) is 11.1 Å². The van der Waals surface area contributed by atoms with E-state index < -0.39 is 0 Å². The van der Waals surface area contributed by atoms with Gasteiger partial charge in [-0.1, -0.05) is 11.6 Å². The molecule has 0 aliphatic heterocycles. The Morgan fingerprint density at radius 2 is 2.08 bits per heavy atom. The lowest BCUT2D eigenvalue weighted by molar-refractivity contribution is 0.603. The van der Waals surface area contributed by atoms with Crippen molar-refractivity contribution >= 4 is 28.4 Å². The van der Waals surface area contributed by atoms with Crippen LogP contribution >= 0.6 is 11.6 Å². The molecule has 0 aliphatic rings. The van der Waals surface area contributed by atoms with E-state index in [9.17, 15) is 0 Å². The van der Waals surface area contributed by atoms with E-state index in [0.717, 1.165) is 16.6 Å². The van der Waals surface area contributed by atoms with E-state index in [1.807, 2.05) is 13.8 Å². The van der Waals surface area contributed by atoms with Crippen molar-refractivity contribution in [1.82, 2.24) is 4.98 Å². The van der Waals surface area contributed by atoms with Gasteiger partial charge in [0.05, 0.1) is 10.7 Å². The summed E-state index contributed by atoms with van der Waals surface area (Å²) in [4.78, 5) is 4.05. The first-order valence-corrected chi connectivity index (χ1v) is 4.28. The Balaban J connectivity index is 3.02. The Morgan fingerprint density at radius 3 is 2.77 bits per heavy atom. The first kappa shape index (κ1) is 8.38. The molecule has 0 radical (unpaired) electrons. The fourth-order valence-corrected chi connectivity index (χ4v) is 1.57. The fourth-order valence-electron chi connectivity index (χ4n) is 1.38. The Labute approximate surface area is 80.5 Å². The van der Waals surface area contributed by atoms with E-state index in [0.29, 0.717) is 16.3 Å². The van der Waals surface area contributed by atoms with Crippen LogP contribution in [-0.4, -0.2) is 4.98 Å². The largest absolute Gasteiger partial charge is 0.441 e. The normalized spacial score (nSPS) is 11.0. The van der Waals surface area contributed by atoms with Crippen LogP contribution in [0.15, 0.2) is 10.8 Å². The number of aromatic nitrogens is 1. The molecule has 0 spiro atoms. The number of halogens is 1. The highest BCUT2D eigenvalue weighted by atomic mass is 35.5. The molecule has 0 atom stereocenters. The second-order valence-electron chi connectivity index (χ2n) is 3.01. The minimum atomic E-state index is 0.572. The maximum absolute atomic E-state index is 6.06. The molecule has 2 rings (SSSR count). The van der Waals surface area contributed by atoms with Crippen molar-refractivity contribution < 1.29 is 4.42 Å². The van der Waals surface area contributed by atoms with E-state index in [1.165, 1.54) is 6.39 Å². The summed E-state index contributed by atoms with van der Waals surface area (Å²) in [5.41, 5.74) is 9.52. The first-order valence-electron chi connectivity index (χ1n) is 3.90. The Morgan fingerprint density at radius 1 is 1.38 bits per heavy atom. The molecule has 0 aliphatic carbocycles. The molecular weight excluding hydrogens is 188 g/mol. The van der Waals surface area contributed by atoms with E-state index in [-0.39, 0.29) is 0 Å². The molecule has 1 heterocycles. The van der Waals surface area contributed by atoms with Crippen molar-refractivity contribution in [3.05, 3.63) is 22.5 Å². The van der Waals surface area contributed by atoms with Gasteiger partial charge in [0.25, 0.3) is 0 Å². The van der Waals surface area contributed by atoms with Gasteiger partial charge in [-0.05, 0) is 25.0 Å². The number of nitrogen functional groups attached to an aromatic ring is 1. The summed E-state index contributed by atoms with van der Waals surface area (Å²) in [7, 11) is 0. The molecule has 1 aromatic heterocycles. The molecule has 3 nitrogen and oxygen atoms in total. The van der Waals surface area contributed by atoms with Crippen LogP contribution in [0.1, 0.15) is 11.1 Å². The summed E-state index contributed by atoms with van der Waals surface area (Å²) in [5.74, 6) is 0. The molecule has 0 bridgehead atoms. The number of benzene rings is 1. The second kappa shape index (κ2) is 2.64. The van der Waals surface area contributed by atoms with Gasteiger partial charge in [0.1, 0.15) is 5.52 Å². The van der Waals surface area contributed by atoms with Gasteiger partial charge in [0, 0.05) is 0 Å². The minimum Gasteiger partial charge on any atom is -0.441 e. The number of hydrogen-bond donors (Lipinski definition) is 1. The Hall–Kier alpha value is -1.22. The van der Waals surface area contributed by atoms with Crippen molar-refractivity contribution in [3.8, 4) is 0 Å². The van der Waals surface area contributed by atoms with E-state index in [1.54, 1.807) is 0 Å². The summed E-state index contributed by atoms with van der Waals surface area (Å²) in [6.07, 6.45) is 1.38. The van der Waals surface area contributed by atoms with Crippen LogP contribution in [0.2, 0.25) is 5.02 Å². The number of hydrogen-bond acceptors (Lipinski definition) is 3. The molecule has 2 aromatic rings. The number of oxazole rings is 1. The minimum absolute atomic E-state index is 0.572. The van der Waals surface area contributed by atoms with E-state index >= 15 is 0 Å². The SMILES string of the molecule is Cc1c(Cl)c(C)c2ncoc2c1N. The molecule has 0 amide bonds. The summed E-state index contributed by atoms with van der Waals surface area (Å²) in [5, 5.41) is 0.666. The summed E-state index contributed by atoms with van der Waals surface area (Å²) >= 11 is 6.06. The molecule has 0 saturated carbocycles. The van der Waals surface area contributed by atoms with Gasteiger partial charge in [-0.2, -0.15) is 0 Å². The molecule has 0 unspecified atom stereocenters. The molecular formula is C9H9ClN2O. The maximum Gasteiger partial charge on any atom is 0.182 e. The lowest BCUT2D eigenvalue weighted by Gasteiger charge is -2.05. The van der Waals surface area contributed by atoms with Crippen molar-refractivity contribution in [1.29, 1.82) is 0 Å². The van der Waals surface area contributed by atoms with Crippen LogP contribution in [0.5, 0.6) is 0 Å². The Bertz CT molecular complexity index is 434. The fraction of sp³-hybridized carbons (Fsp3) is 0.222. The van der Waals surface area contributed by atoms with Gasteiger partial charge in [0.2, 0.25) is 0 Å². The van der Waals surface area contributed by atoms with E-state index in [4.69, 9.17) is 21.8 Å². The summed E-state index contributed by atoms with van der Waals surface area (Å²) in [6.45, 7) is 3.77. The third kappa shape index (κ3) is 1.00. The van der Waals surface area contributed by atoms with Gasteiger partial charge in [0.15, 0.2) is 12.0 Å². The summed E-state index contributed by atoms with van der Waals surface area (Å²) < 4.78 is 5.17. The van der Waals surface area contributed by atoms with Gasteiger partial charge < -0.3 is 10.2 Å². The quantitative estimate of drug-likeness (QED) is 0.659. The average Bonchev–Trinajstić information content (AvgIpc) is 2.59. The number of rotatable bonds is 0. The lowest BCUT2D eigenvalue weighted by atomic mass is 10.1. The first-order chi connectivity index (χ1) is 6.13. The zero-order valence-corrected chi connectivity index (χ0v) is 8.14. The highest BCUT2D eigenvalue weighted by Crippen LogP contribution is 2.33. The van der Waals surface area contributed by atoms with E-state index in [2.05, 4.69) is 4.98 Å². The molecule has 0 fully saturated rings. The molecule has 13 heavy (non-hydrogen) atoms. The van der Waals surface area contributed by atoms with Crippen molar-refractivity contribution in [2.75, 3.05) is 5.73 Å². The van der Waals surface area contributed by atoms with Crippen molar-refractivity contribution in [3.63, 3.8) is 0 Å². The second-order valence-corrected chi connectivity index (χ2v) is 3.39. The van der Waals surface area contributed by atoms with Crippen LogP contribution < -0.4 is 5.73 Å². The smallest absolute Gasteiger partial charge is 0.182 e. The predicted molar refractivity (Wildman–Crippen MR) is 52.9 cm³/mol. The van der Waals surface area contributed by atoms with Gasteiger partial charge in [-0.15, -0.1) is 0 Å². The van der Waals surface area contributed by atoms with Gasteiger partial charge >= 0.3 is 0 Å². The number of aryl methyl sites for hydroxylation is 1. The summed E-state index contributed by atoms with van der Waals surface area (Å²) in [6, 6.07) is 0. The standard InChI is InChI=1S/C9H9ClN2O/c1-4-6(10)5(2)8-9(7(4)11)13-3-12-8/h3H,11H2,1-2H3. The molecule has 2 N–H and O–H groups in total. The van der Waals surface area contributed by atoms with Crippen molar-refractivity contribution in [2.45, 2.75) is 13.8 Å². The van der Waals surface area contributed by atoms with Crippen LogP contribution in [0, 0.1) is 13.8 Å². The third-order valence-corrected chi connectivity index (χ3v) is 2.80. The van der Waals surface area contributed by atoms with Gasteiger partial charge in [-0.25, -0.2) is 4.98 Å². The van der Waals surface area contributed by atoms with Crippen LogP contribution in [0.3, 0.4) is 0 Å². The van der Waals surface area contributed by atoms with Crippen molar-refractivity contribution in [2.24, 2.45) is 0 Å².